The van der Waals surface area contributed by atoms with Crippen molar-refractivity contribution in [3.8, 4) is 0 Å². The smallest absolute Gasteiger partial charge is 0.238 e. The predicted octanol–water partition coefficient (Wildman–Crippen LogP) is 2.00. The number of amides is 1. The summed E-state index contributed by atoms with van der Waals surface area (Å²) < 4.78 is 0. The predicted molar refractivity (Wildman–Crippen MR) is 70.8 cm³/mol. The van der Waals surface area contributed by atoms with E-state index >= 15 is 0 Å². The fourth-order valence-electron chi connectivity index (χ4n) is 1.33. The number of aryl methyl sites for hydroxylation is 1. The number of nitrogens with one attached hydrogen (secondary N) is 1. The quantitative estimate of drug-likeness (QED) is 0.868. The van der Waals surface area contributed by atoms with Crippen LogP contribution < -0.4 is 11.1 Å². The molecule has 1 rings (SSSR count). The summed E-state index contributed by atoms with van der Waals surface area (Å²) in [4.78, 5) is 16.3. The molecular weight excluding hydrogens is 234 g/mol. The molecule has 0 fully saturated rings. The molecule has 96 valence electrons. The van der Waals surface area contributed by atoms with Gasteiger partial charge in [-0.3, -0.25) is 4.79 Å². The van der Waals surface area contributed by atoms with Crippen molar-refractivity contribution in [2.24, 2.45) is 11.1 Å². The first-order valence-electron chi connectivity index (χ1n) is 5.70. The van der Waals surface area contributed by atoms with Gasteiger partial charge in [-0.05, 0) is 19.3 Å². The van der Waals surface area contributed by atoms with Crippen LogP contribution in [0.25, 0.3) is 0 Å². The highest BCUT2D eigenvalue weighted by Gasteiger charge is 2.28. The van der Waals surface area contributed by atoms with Crippen LogP contribution in [0.4, 0.5) is 0 Å². The molecule has 1 aromatic heterocycles. The maximum absolute atomic E-state index is 11.9. The minimum atomic E-state index is -0.508. The number of hydrogen-bond donors (Lipinski definition) is 2. The van der Waals surface area contributed by atoms with Gasteiger partial charge in [0.25, 0.3) is 0 Å². The summed E-state index contributed by atoms with van der Waals surface area (Å²) in [7, 11) is 0. The Kier molecular flexibility index (Phi) is 4.27. The second-order valence-corrected chi connectivity index (χ2v) is 6.29. The summed E-state index contributed by atoms with van der Waals surface area (Å²) in [5.74, 6) is -0.127. The molecule has 17 heavy (non-hydrogen) atoms. The minimum absolute atomic E-state index is 0.0883. The van der Waals surface area contributed by atoms with Crippen LogP contribution >= 0.6 is 11.3 Å². The van der Waals surface area contributed by atoms with E-state index < -0.39 is 6.04 Å². The third-order valence-corrected chi connectivity index (χ3v) is 3.73. The van der Waals surface area contributed by atoms with Gasteiger partial charge in [-0.2, -0.15) is 0 Å². The van der Waals surface area contributed by atoms with Crippen molar-refractivity contribution < 1.29 is 4.79 Å². The molecule has 4 nitrogen and oxygen atoms in total. The number of carbonyl (C=O) groups excluding carboxylic acids is 1. The van der Waals surface area contributed by atoms with Crippen molar-refractivity contribution >= 4 is 17.2 Å². The van der Waals surface area contributed by atoms with Crippen LogP contribution in [0.15, 0.2) is 5.38 Å². The minimum Gasteiger partial charge on any atom is -0.346 e. The van der Waals surface area contributed by atoms with Gasteiger partial charge in [0, 0.05) is 11.1 Å². The number of nitrogens with zero attached hydrogens (tertiary/aromatic N) is 1. The fraction of sp³-hybridized carbons (Fsp3) is 0.667. The molecule has 0 spiro atoms. The molecule has 5 heteroatoms. The molecule has 2 atom stereocenters. The van der Waals surface area contributed by atoms with E-state index in [-0.39, 0.29) is 17.4 Å². The van der Waals surface area contributed by atoms with E-state index in [4.69, 9.17) is 5.73 Å². The SMILES string of the molecule is Cc1csc(C(C)NC(=O)[C@H](N)C(C)(C)C)n1. The average Bonchev–Trinajstić information content (AvgIpc) is 2.62. The zero-order valence-electron chi connectivity index (χ0n) is 11.1. The van der Waals surface area contributed by atoms with E-state index in [1.165, 1.54) is 0 Å². The summed E-state index contributed by atoms with van der Waals surface area (Å²) in [6.45, 7) is 9.72. The van der Waals surface area contributed by atoms with Crippen molar-refractivity contribution in [1.82, 2.24) is 10.3 Å². The molecule has 1 amide bonds. The molecular formula is C12H21N3OS. The van der Waals surface area contributed by atoms with Crippen molar-refractivity contribution in [1.29, 1.82) is 0 Å². The summed E-state index contributed by atoms with van der Waals surface area (Å²) >= 11 is 1.55. The Morgan fingerprint density at radius 2 is 2.12 bits per heavy atom. The highest BCUT2D eigenvalue weighted by atomic mass is 32.1. The number of nitrogens with two attached hydrogens (primary N) is 1. The van der Waals surface area contributed by atoms with Crippen LogP contribution in [0, 0.1) is 12.3 Å². The Bertz CT molecular complexity index is 395. The van der Waals surface area contributed by atoms with Crippen LogP contribution in [0.5, 0.6) is 0 Å². The lowest BCUT2D eigenvalue weighted by Crippen LogP contribution is -2.49. The topological polar surface area (TPSA) is 68.0 Å². The lowest BCUT2D eigenvalue weighted by Gasteiger charge is -2.27. The van der Waals surface area contributed by atoms with Gasteiger partial charge < -0.3 is 11.1 Å². The van der Waals surface area contributed by atoms with Gasteiger partial charge in [-0.1, -0.05) is 20.8 Å². The molecule has 0 aliphatic carbocycles. The number of hydrogen-bond acceptors (Lipinski definition) is 4. The van der Waals surface area contributed by atoms with E-state index in [0.717, 1.165) is 10.7 Å². The summed E-state index contributed by atoms with van der Waals surface area (Å²) in [6.07, 6.45) is 0. The largest absolute Gasteiger partial charge is 0.346 e. The molecule has 0 bridgehead atoms. The normalized spacial score (nSPS) is 15.4. The monoisotopic (exact) mass is 255 g/mol. The Morgan fingerprint density at radius 1 is 1.53 bits per heavy atom. The van der Waals surface area contributed by atoms with Crippen LogP contribution in [0.1, 0.15) is 44.4 Å². The van der Waals surface area contributed by atoms with Crippen LogP contribution in [0.2, 0.25) is 0 Å². The lowest BCUT2D eigenvalue weighted by molar-refractivity contribution is -0.125. The first kappa shape index (κ1) is 14.1. The zero-order chi connectivity index (χ0) is 13.2. The Balaban J connectivity index is 2.63. The molecule has 0 saturated carbocycles. The van der Waals surface area contributed by atoms with Gasteiger partial charge in [-0.15, -0.1) is 11.3 Å². The third-order valence-electron chi connectivity index (χ3n) is 2.58. The van der Waals surface area contributed by atoms with Gasteiger partial charge in [0.05, 0.1) is 12.1 Å². The van der Waals surface area contributed by atoms with E-state index in [0.29, 0.717) is 0 Å². The standard InChI is InChI=1S/C12H21N3OS/c1-7-6-17-11(14-7)8(2)15-10(16)9(13)12(3,4)5/h6,8-9H,13H2,1-5H3,(H,15,16)/t8?,9-/m0/s1. The van der Waals surface area contributed by atoms with E-state index in [2.05, 4.69) is 10.3 Å². The molecule has 0 aliphatic rings. The van der Waals surface area contributed by atoms with Crippen LogP contribution in [-0.4, -0.2) is 16.9 Å². The van der Waals surface area contributed by atoms with Crippen molar-refractivity contribution in [2.75, 3.05) is 0 Å². The second kappa shape index (κ2) is 5.14. The molecule has 1 aromatic rings. The molecule has 0 aliphatic heterocycles. The average molecular weight is 255 g/mol. The third kappa shape index (κ3) is 3.78. The van der Waals surface area contributed by atoms with Crippen LogP contribution in [0.3, 0.4) is 0 Å². The van der Waals surface area contributed by atoms with Gasteiger partial charge in [0.15, 0.2) is 0 Å². The number of aromatic nitrogens is 1. The van der Waals surface area contributed by atoms with E-state index in [9.17, 15) is 4.79 Å². The Hall–Kier alpha value is -0.940. The van der Waals surface area contributed by atoms with Crippen molar-refractivity contribution in [2.45, 2.75) is 46.7 Å². The zero-order valence-corrected chi connectivity index (χ0v) is 11.9. The van der Waals surface area contributed by atoms with Gasteiger partial charge in [0.1, 0.15) is 5.01 Å². The Labute approximate surface area is 107 Å². The van der Waals surface area contributed by atoms with Gasteiger partial charge in [-0.25, -0.2) is 4.98 Å². The maximum atomic E-state index is 11.9. The van der Waals surface area contributed by atoms with Crippen molar-refractivity contribution in [3.05, 3.63) is 16.1 Å². The van der Waals surface area contributed by atoms with Crippen LogP contribution in [-0.2, 0) is 4.79 Å². The highest BCUT2D eigenvalue weighted by Crippen LogP contribution is 2.20. The number of thiazole rings is 1. The first-order chi connectivity index (χ1) is 7.71. The van der Waals surface area contributed by atoms with Crippen molar-refractivity contribution in [3.63, 3.8) is 0 Å². The van der Waals surface area contributed by atoms with E-state index in [1.807, 2.05) is 40.0 Å². The lowest BCUT2D eigenvalue weighted by atomic mass is 9.87. The summed E-state index contributed by atoms with van der Waals surface area (Å²) in [6, 6.07) is -0.597. The molecule has 1 heterocycles. The molecule has 0 aromatic carbocycles. The summed E-state index contributed by atoms with van der Waals surface area (Å²) in [5, 5.41) is 5.79. The van der Waals surface area contributed by atoms with Gasteiger partial charge in [0.2, 0.25) is 5.91 Å². The number of carbonyl (C=O) groups is 1. The Morgan fingerprint density at radius 3 is 2.53 bits per heavy atom. The first-order valence-corrected chi connectivity index (χ1v) is 6.57. The van der Waals surface area contributed by atoms with Gasteiger partial charge >= 0.3 is 0 Å². The maximum Gasteiger partial charge on any atom is 0.238 e. The fourth-order valence-corrected chi connectivity index (χ4v) is 2.13. The highest BCUT2D eigenvalue weighted by molar-refractivity contribution is 7.09. The second-order valence-electron chi connectivity index (χ2n) is 5.40. The van der Waals surface area contributed by atoms with E-state index in [1.54, 1.807) is 11.3 Å². The molecule has 0 saturated heterocycles. The molecule has 0 radical (unpaired) electrons. The molecule has 3 N–H and O–H groups in total. The molecule has 1 unspecified atom stereocenters. The summed E-state index contributed by atoms with van der Waals surface area (Å²) in [5.41, 5.74) is 6.64. The number of rotatable bonds is 3.